The molecule has 100 valence electrons. The standard InChI is InChI=1S/C14H18N4O/c1-3-6-15-14-12(5-4-7-16-14)10-18-13(19)8-11(2)9-17-18/h4-5,7-9H,3,6,10H2,1-2H3,(H,15,16). The molecule has 0 saturated carbocycles. The molecule has 2 aromatic heterocycles. The molecule has 0 atom stereocenters. The van der Waals surface area contributed by atoms with Gasteiger partial charge in [0.25, 0.3) is 5.56 Å². The summed E-state index contributed by atoms with van der Waals surface area (Å²) in [6.45, 7) is 5.25. The fraction of sp³-hybridized carbons (Fsp3) is 0.357. The van der Waals surface area contributed by atoms with Crippen molar-refractivity contribution in [2.75, 3.05) is 11.9 Å². The largest absolute Gasteiger partial charge is 0.370 e. The van der Waals surface area contributed by atoms with Crippen LogP contribution in [0, 0.1) is 6.92 Å². The molecule has 2 heterocycles. The average molecular weight is 258 g/mol. The van der Waals surface area contributed by atoms with E-state index in [0.29, 0.717) is 6.54 Å². The number of hydrogen-bond donors (Lipinski definition) is 1. The Morgan fingerprint density at radius 2 is 2.26 bits per heavy atom. The first-order valence-electron chi connectivity index (χ1n) is 6.42. The number of hydrogen-bond acceptors (Lipinski definition) is 4. The Balaban J connectivity index is 2.25. The SMILES string of the molecule is CCCNc1ncccc1Cn1ncc(C)cc1=O. The smallest absolute Gasteiger partial charge is 0.267 e. The molecule has 19 heavy (non-hydrogen) atoms. The van der Waals surface area contributed by atoms with Crippen LogP contribution in [0.3, 0.4) is 0 Å². The van der Waals surface area contributed by atoms with E-state index in [1.807, 2.05) is 19.1 Å². The van der Waals surface area contributed by atoms with Crippen LogP contribution < -0.4 is 10.9 Å². The quantitative estimate of drug-likeness (QED) is 0.888. The lowest BCUT2D eigenvalue weighted by molar-refractivity contribution is 0.635. The number of nitrogens with zero attached hydrogens (tertiary/aromatic N) is 3. The summed E-state index contributed by atoms with van der Waals surface area (Å²) in [4.78, 5) is 16.1. The highest BCUT2D eigenvalue weighted by atomic mass is 16.1. The van der Waals surface area contributed by atoms with E-state index in [1.165, 1.54) is 4.68 Å². The van der Waals surface area contributed by atoms with Crippen LogP contribution in [-0.2, 0) is 6.54 Å². The summed E-state index contributed by atoms with van der Waals surface area (Å²) in [5, 5.41) is 7.40. The van der Waals surface area contributed by atoms with Gasteiger partial charge in [-0.2, -0.15) is 5.10 Å². The molecule has 0 saturated heterocycles. The fourth-order valence-electron chi connectivity index (χ4n) is 1.77. The molecule has 5 nitrogen and oxygen atoms in total. The van der Waals surface area contributed by atoms with Crippen molar-refractivity contribution in [1.82, 2.24) is 14.8 Å². The molecule has 0 aromatic carbocycles. The molecule has 0 amide bonds. The Kier molecular flexibility index (Phi) is 4.28. The monoisotopic (exact) mass is 258 g/mol. The summed E-state index contributed by atoms with van der Waals surface area (Å²) < 4.78 is 1.45. The van der Waals surface area contributed by atoms with Gasteiger partial charge in [-0.1, -0.05) is 13.0 Å². The first-order chi connectivity index (χ1) is 9.20. The van der Waals surface area contributed by atoms with E-state index in [9.17, 15) is 4.79 Å². The van der Waals surface area contributed by atoms with Crippen LogP contribution in [0.2, 0.25) is 0 Å². The maximum Gasteiger partial charge on any atom is 0.267 e. The lowest BCUT2D eigenvalue weighted by atomic mass is 10.2. The Morgan fingerprint density at radius 3 is 3.00 bits per heavy atom. The molecule has 0 fully saturated rings. The molecule has 0 aliphatic rings. The first-order valence-corrected chi connectivity index (χ1v) is 6.42. The minimum atomic E-state index is -0.0923. The fourth-order valence-corrected chi connectivity index (χ4v) is 1.77. The molecule has 0 spiro atoms. The molecule has 0 unspecified atom stereocenters. The number of anilines is 1. The average Bonchev–Trinajstić information content (AvgIpc) is 2.41. The van der Waals surface area contributed by atoms with Crippen LogP contribution >= 0.6 is 0 Å². The van der Waals surface area contributed by atoms with Crippen molar-refractivity contribution in [2.24, 2.45) is 0 Å². The van der Waals surface area contributed by atoms with E-state index in [2.05, 4.69) is 22.3 Å². The summed E-state index contributed by atoms with van der Waals surface area (Å²) in [5.41, 5.74) is 1.75. The van der Waals surface area contributed by atoms with E-state index in [4.69, 9.17) is 0 Å². The van der Waals surface area contributed by atoms with E-state index < -0.39 is 0 Å². The van der Waals surface area contributed by atoms with Gasteiger partial charge >= 0.3 is 0 Å². The molecular weight excluding hydrogens is 240 g/mol. The highest BCUT2D eigenvalue weighted by Crippen LogP contribution is 2.12. The molecule has 1 N–H and O–H groups in total. The van der Waals surface area contributed by atoms with Gasteiger partial charge < -0.3 is 5.32 Å². The summed E-state index contributed by atoms with van der Waals surface area (Å²) in [7, 11) is 0. The van der Waals surface area contributed by atoms with Gasteiger partial charge in [-0.05, 0) is 25.0 Å². The van der Waals surface area contributed by atoms with Crippen molar-refractivity contribution in [3.63, 3.8) is 0 Å². The van der Waals surface area contributed by atoms with Crippen molar-refractivity contribution < 1.29 is 0 Å². The van der Waals surface area contributed by atoms with Gasteiger partial charge in [0, 0.05) is 24.4 Å². The lowest BCUT2D eigenvalue weighted by Crippen LogP contribution is -2.23. The van der Waals surface area contributed by atoms with Gasteiger partial charge in [-0.25, -0.2) is 9.67 Å². The molecule has 2 rings (SSSR count). The second-order valence-electron chi connectivity index (χ2n) is 4.47. The number of aromatic nitrogens is 3. The van der Waals surface area contributed by atoms with Crippen LogP contribution in [-0.4, -0.2) is 21.3 Å². The van der Waals surface area contributed by atoms with Crippen molar-refractivity contribution in [1.29, 1.82) is 0 Å². The Morgan fingerprint density at radius 1 is 1.42 bits per heavy atom. The van der Waals surface area contributed by atoms with Crippen LogP contribution in [0.15, 0.2) is 35.4 Å². The molecule has 2 aromatic rings. The van der Waals surface area contributed by atoms with Crippen LogP contribution in [0.5, 0.6) is 0 Å². The first kappa shape index (κ1) is 13.3. The maximum absolute atomic E-state index is 11.8. The predicted molar refractivity (Wildman–Crippen MR) is 75.4 cm³/mol. The van der Waals surface area contributed by atoms with Gasteiger partial charge in [0.05, 0.1) is 12.7 Å². The molecule has 0 aliphatic heterocycles. The van der Waals surface area contributed by atoms with Crippen LogP contribution in [0.1, 0.15) is 24.5 Å². The molecule has 0 aliphatic carbocycles. The van der Waals surface area contributed by atoms with Crippen LogP contribution in [0.4, 0.5) is 5.82 Å². The highest BCUT2D eigenvalue weighted by molar-refractivity contribution is 5.43. The van der Waals surface area contributed by atoms with Gasteiger partial charge in [-0.15, -0.1) is 0 Å². The Bertz CT molecular complexity index is 606. The third kappa shape index (κ3) is 3.40. The number of aryl methyl sites for hydroxylation is 1. The predicted octanol–water partition coefficient (Wildman–Crippen LogP) is 1.82. The van der Waals surface area contributed by atoms with Gasteiger partial charge in [0.15, 0.2) is 0 Å². The molecule has 0 radical (unpaired) electrons. The Hall–Kier alpha value is -2.17. The van der Waals surface area contributed by atoms with Gasteiger partial charge in [-0.3, -0.25) is 4.79 Å². The molecule has 0 bridgehead atoms. The summed E-state index contributed by atoms with van der Waals surface area (Å²) in [6, 6.07) is 5.41. The third-order valence-electron chi connectivity index (χ3n) is 2.76. The van der Waals surface area contributed by atoms with Crippen molar-refractivity contribution in [3.05, 3.63) is 52.1 Å². The van der Waals surface area contributed by atoms with E-state index in [-0.39, 0.29) is 5.56 Å². The highest BCUT2D eigenvalue weighted by Gasteiger charge is 2.05. The topological polar surface area (TPSA) is 59.8 Å². The van der Waals surface area contributed by atoms with Crippen molar-refractivity contribution in [3.8, 4) is 0 Å². The van der Waals surface area contributed by atoms with Gasteiger partial charge in [0.2, 0.25) is 0 Å². The number of nitrogens with one attached hydrogen (secondary N) is 1. The zero-order valence-corrected chi connectivity index (χ0v) is 11.3. The summed E-state index contributed by atoms with van der Waals surface area (Å²) in [5.74, 6) is 0.818. The van der Waals surface area contributed by atoms with E-state index in [1.54, 1.807) is 18.5 Å². The summed E-state index contributed by atoms with van der Waals surface area (Å²) >= 11 is 0. The summed E-state index contributed by atoms with van der Waals surface area (Å²) in [6.07, 6.45) is 4.46. The lowest BCUT2D eigenvalue weighted by Gasteiger charge is -2.10. The zero-order valence-electron chi connectivity index (χ0n) is 11.3. The normalized spacial score (nSPS) is 10.4. The number of pyridine rings is 1. The third-order valence-corrected chi connectivity index (χ3v) is 2.76. The second-order valence-corrected chi connectivity index (χ2v) is 4.47. The molecular formula is C14H18N4O. The second kappa shape index (κ2) is 6.13. The minimum Gasteiger partial charge on any atom is -0.370 e. The van der Waals surface area contributed by atoms with E-state index in [0.717, 1.165) is 29.9 Å². The molecule has 5 heteroatoms. The van der Waals surface area contributed by atoms with Crippen molar-refractivity contribution >= 4 is 5.82 Å². The minimum absolute atomic E-state index is 0.0923. The van der Waals surface area contributed by atoms with E-state index >= 15 is 0 Å². The van der Waals surface area contributed by atoms with Gasteiger partial charge in [0.1, 0.15) is 5.82 Å². The van der Waals surface area contributed by atoms with Crippen LogP contribution in [0.25, 0.3) is 0 Å². The Labute approximate surface area is 112 Å². The van der Waals surface area contributed by atoms with Crippen molar-refractivity contribution in [2.45, 2.75) is 26.8 Å². The zero-order chi connectivity index (χ0) is 13.7. The number of rotatable bonds is 5. The maximum atomic E-state index is 11.8.